The van der Waals surface area contributed by atoms with Crippen LogP contribution < -0.4 is 4.74 Å². The van der Waals surface area contributed by atoms with E-state index in [-0.39, 0.29) is 5.78 Å². The van der Waals surface area contributed by atoms with Gasteiger partial charge < -0.3 is 4.74 Å². The van der Waals surface area contributed by atoms with E-state index in [0.29, 0.717) is 12.3 Å². The fourth-order valence-corrected chi connectivity index (χ4v) is 4.47. The number of allylic oxidation sites excluding steroid dienone is 5. The Morgan fingerprint density at radius 2 is 1.70 bits per heavy atom. The predicted octanol–water partition coefficient (Wildman–Crippen LogP) is 9.15. The van der Waals surface area contributed by atoms with Crippen LogP contribution in [0.2, 0.25) is 0 Å². The van der Waals surface area contributed by atoms with Crippen molar-refractivity contribution in [3.63, 3.8) is 0 Å². The maximum Gasteiger partial charge on any atom is 0.133 e. The summed E-state index contributed by atoms with van der Waals surface area (Å²) in [6.07, 6.45) is 9.53. The number of ether oxygens (including phenoxy) is 1. The monoisotopic (exact) mass is 500 g/mol. The van der Waals surface area contributed by atoms with Crippen LogP contribution in [0.3, 0.4) is 0 Å². The highest BCUT2D eigenvalue weighted by atomic mass is 16.5. The van der Waals surface area contributed by atoms with Gasteiger partial charge in [0.25, 0.3) is 0 Å². The third-order valence-electron chi connectivity index (χ3n) is 6.07. The van der Waals surface area contributed by atoms with Crippen molar-refractivity contribution in [3.8, 4) is 11.4 Å². The topological polar surface area (TPSA) is 44.1 Å². The van der Waals surface area contributed by atoms with E-state index in [4.69, 9.17) is 9.72 Å². The van der Waals surface area contributed by atoms with Crippen LogP contribution in [0.25, 0.3) is 16.7 Å². The van der Waals surface area contributed by atoms with Crippen molar-refractivity contribution >= 4 is 16.8 Å². The van der Waals surface area contributed by atoms with E-state index in [9.17, 15) is 4.79 Å². The Kier molecular flexibility index (Phi) is 12.1. The van der Waals surface area contributed by atoms with Crippen molar-refractivity contribution in [2.45, 2.75) is 79.6 Å². The van der Waals surface area contributed by atoms with Crippen LogP contribution in [0.4, 0.5) is 0 Å². The van der Waals surface area contributed by atoms with Gasteiger partial charge in [0, 0.05) is 18.0 Å². The number of carbonyl (C=O) groups is 1. The van der Waals surface area contributed by atoms with E-state index in [1.807, 2.05) is 45.1 Å². The summed E-state index contributed by atoms with van der Waals surface area (Å²) in [5.41, 5.74) is 6.64. The predicted molar refractivity (Wildman–Crippen MR) is 158 cm³/mol. The Hall–Kier alpha value is -3.40. The number of para-hydroxylation sites is 2. The largest absolute Gasteiger partial charge is 0.497 e. The number of aromatic nitrogens is 2. The van der Waals surface area contributed by atoms with Gasteiger partial charge in [0.1, 0.15) is 17.4 Å². The minimum Gasteiger partial charge on any atom is -0.497 e. The molecule has 0 saturated carbocycles. The van der Waals surface area contributed by atoms with E-state index in [1.165, 1.54) is 31.2 Å². The minimum atomic E-state index is 0.205. The first kappa shape index (κ1) is 29.8. The third kappa shape index (κ3) is 9.53. The Bertz CT molecular complexity index is 1230. The van der Waals surface area contributed by atoms with Crippen molar-refractivity contribution in [3.05, 3.63) is 89.8 Å². The number of methoxy groups -OCH3 is 1. The highest BCUT2D eigenvalue weighted by Crippen LogP contribution is 2.29. The van der Waals surface area contributed by atoms with Gasteiger partial charge in [0.2, 0.25) is 0 Å². The molecule has 0 radical (unpaired) electrons. The van der Waals surface area contributed by atoms with Gasteiger partial charge in [-0.25, -0.2) is 4.98 Å². The average Bonchev–Trinajstić information content (AvgIpc) is 3.23. The molecule has 3 aromatic rings. The number of imidazole rings is 1. The molecule has 1 aromatic heterocycles. The molecular weight excluding hydrogens is 456 g/mol. The first-order valence-electron chi connectivity index (χ1n) is 13.3. The molecule has 0 aliphatic heterocycles. The summed E-state index contributed by atoms with van der Waals surface area (Å²) in [5, 5.41) is 0. The van der Waals surface area contributed by atoms with Crippen LogP contribution in [0.5, 0.6) is 5.75 Å². The maximum atomic E-state index is 10.8. The fourth-order valence-electron chi connectivity index (χ4n) is 4.47. The number of benzene rings is 2. The standard InChI is InChI=1S/C21H26N2O.C12H18O/c1-4-5-6-9-16(2)21-22-19-10-7-8-11-20(19)23(21)17-12-14-18(24-3)15-13-17;1-9(2)6-10(3)7-11(4)8-12(5)13/h7-8,10-16H,4-6,9H2,1-3H3;6-7H,1,8H2,2-5H3/b;10-6-,11-7-. The molecule has 198 valence electrons. The van der Waals surface area contributed by atoms with Gasteiger partial charge in [-0.3, -0.25) is 9.36 Å². The zero-order chi connectivity index (χ0) is 27.4. The minimum absolute atomic E-state index is 0.205. The Morgan fingerprint density at radius 3 is 2.30 bits per heavy atom. The molecule has 1 atom stereocenters. The number of carbonyl (C=O) groups excluding carboxylic acids is 1. The lowest BCUT2D eigenvalue weighted by Gasteiger charge is -2.15. The van der Waals surface area contributed by atoms with Gasteiger partial charge in [-0.05, 0) is 70.5 Å². The van der Waals surface area contributed by atoms with Crippen LogP contribution in [0.1, 0.15) is 85.4 Å². The molecule has 1 unspecified atom stereocenters. The summed E-state index contributed by atoms with van der Waals surface area (Å²) in [6, 6.07) is 16.6. The summed E-state index contributed by atoms with van der Waals surface area (Å²) in [4.78, 5) is 15.7. The van der Waals surface area contributed by atoms with Gasteiger partial charge in [-0.2, -0.15) is 0 Å². The van der Waals surface area contributed by atoms with Crippen molar-refractivity contribution in [2.75, 3.05) is 7.11 Å². The molecule has 0 amide bonds. The Labute approximate surface area is 223 Å². The first-order valence-corrected chi connectivity index (χ1v) is 13.3. The second-order valence-electron chi connectivity index (χ2n) is 9.99. The van der Waals surface area contributed by atoms with Crippen molar-refractivity contribution < 1.29 is 9.53 Å². The number of nitrogens with zero attached hydrogens (tertiary/aromatic N) is 2. The number of Topliss-reactive ketones (excluding diaryl/α,β-unsaturated/α-hetero) is 1. The highest BCUT2D eigenvalue weighted by molar-refractivity contribution is 5.78. The van der Waals surface area contributed by atoms with Gasteiger partial charge in [-0.1, -0.05) is 80.7 Å². The number of hydrogen-bond acceptors (Lipinski definition) is 3. The first-order chi connectivity index (χ1) is 17.7. The fraction of sp³-hybridized carbons (Fsp3) is 0.394. The summed E-state index contributed by atoms with van der Waals surface area (Å²) >= 11 is 0. The molecule has 1 heterocycles. The maximum absolute atomic E-state index is 10.8. The van der Waals surface area contributed by atoms with Gasteiger partial charge in [0.05, 0.1) is 18.1 Å². The van der Waals surface area contributed by atoms with Crippen molar-refractivity contribution in [1.29, 1.82) is 0 Å². The number of rotatable bonds is 11. The summed E-state index contributed by atoms with van der Waals surface area (Å²) in [7, 11) is 1.70. The van der Waals surface area contributed by atoms with Crippen LogP contribution in [0, 0.1) is 0 Å². The molecule has 37 heavy (non-hydrogen) atoms. The number of fused-ring (bicyclic) bond motifs is 1. The molecule has 0 bridgehead atoms. The lowest BCUT2D eigenvalue weighted by Crippen LogP contribution is -2.05. The average molecular weight is 501 g/mol. The Morgan fingerprint density at radius 1 is 1.03 bits per heavy atom. The molecular formula is C33H44N2O2. The summed E-state index contributed by atoms with van der Waals surface area (Å²) in [6.45, 7) is 15.9. The SMILES string of the molecule is C=C(C)/C=C(C)\C=C(\C)CC(C)=O.CCCCCC(C)c1nc2ccccc2n1-c1ccc(OC)cc1. The second-order valence-corrected chi connectivity index (χ2v) is 9.99. The normalized spacial score (nSPS) is 12.6. The van der Waals surface area contributed by atoms with E-state index in [1.54, 1.807) is 14.0 Å². The molecule has 0 aliphatic rings. The smallest absolute Gasteiger partial charge is 0.133 e. The molecule has 0 saturated heterocycles. The molecule has 3 rings (SSSR count). The molecule has 0 fully saturated rings. The van der Waals surface area contributed by atoms with E-state index in [0.717, 1.165) is 39.5 Å². The van der Waals surface area contributed by atoms with Crippen LogP contribution in [0.15, 0.2) is 84.0 Å². The number of ketones is 1. The van der Waals surface area contributed by atoms with Gasteiger partial charge in [0.15, 0.2) is 0 Å². The van der Waals surface area contributed by atoms with E-state index < -0.39 is 0 Å². The molecule has 4 nitrogen and oxygen atoms in total. The van der Waals surface area contributed by atoms with Crippen LogP contribution >= 0.6 is 0 Å². The van der Waals surface area contributed by atoms with Crippen LogP contribution in [-0.2, 0) is 4.79 Å². The Balaban J connectivity index is 0.000000317. The quantitative estimate of drug-likeness (QED) is 0.195. The lowest BCUT2D eigenvalue weighted by atomic mass is 10.0. The molecule has 4 heteroatoms. The second kappa shape index (κ2) is 15.0. The van der Waals surface area contributed by atoms with Gasteiger partial charge >= 0.3 is 0 Å². The zero-order valence-electron chi connectivity index (χ0n) is 23.8. The van der Waals surface area contributed by atoms with Crippen molar-refractivity contribution in [1.82, 2.24) is 9.55 Å². The van der Waals surface area contributed by atoms with E-state index >= 15 is 0 Å². The zero-order valence-corrected chi connectivity index (χ0v) is 23.8. The highest BCUT2D eigenvalue weighted by Gasteiger charge is 2.17. The van der Waals surface area contributed by atoms with Crippen LogP contribution in [-0.4, -0.2) is 22.4 Å². The lowest BCUT2D eigenvalue weighted by molar-refractivity contribution is -0.116. The molecule has 0 N–H and O–H groups in total. The van der Waals surface area contributed by atoms with Crippen molar-refractivity contribution in [2.24, 2.45) is 0 Å². The third-order valence-corrected chi connectivity index (χ3v) is 6.07. The molecule has 2 aromatic carbocycles. The summed E-state index contributed by atoms with van der Waals surface area (Å²) in [5.74, 6) is 2.67. The number of unbranched alkanes of at least 4 members (excludes halogenated alkanes) is 2. The number of hydrogen-bond donors (Lipinski definition) is 0. The summed E-state index contributed by atoms with van der Waals surface area (Å²) < 4.78 is 7.59. The molecule has 0 aliphatic carbocycles. The van der Waals surface area contributed by atoms with E-state index in [2.05, 4.69) is 61.4 Å². The molecule has 0 spiro atoms. The van der Waals surface area contributed by atoms with Gasteiger partial charge in [-0.15, -0.1) is 0 Å².